The highest BCUT2D eigenvalue weighted by atomic mass is 79.9. The Morgan fingerprint density at radius 3 is 2.73 bits per heavy atom. The maximum absolute atomic E-state index is 12.3. The Bertz CT molecular complexity index is 688. The van der Waals surface area contributed by atoms with Gasteiger partial charge < -0.3 is 10.2 Å². The van der Waals surface area contributed by atoms with Gasteiger partial charge in [-0.1, -0.05) is 15.9 Å². The largest absolute Gasteiger partial charge is 0.324 e. The zero-order valence-corrected chi connectivity index (χ0v) is 13.3. The number of nitrogens with one attached hydrogen (secondary N) is 1. The highest BCUT2D eigenvalue weighted by Gasteiger charge is 2.35. The monoisotopic (exact) mass is 359 g/mol. The molecule has 1 N–H and O–H groups in total. The lowest BCUT2D eigenvalue weighted by Crippen LogP contribution is -2.28. The molecule has 5 nitrogen and oxygen atoms in total. The topological polar surface area (TPSA) is 62.3 Å². The minimum Gasteiger partial charge on any atom is -0.324 e. The molecule has 0 spiro atoms. The van der Waals surface area contributed by atoms with Crippen LogP contribution in [0.15, 0.2) is 53.3 Å². The Balaban J connectivity index is 1.69. The average molecular weight is 360 g/mol. The van der Waals surface area contributed by atoms with Gasteiger partial charge in [-0.25, -0.2) is 0 Å². The molecule has 1 fully saturated rings. The van der Waals surface area contributed by atoms with Crippen LogP contribution in [0.3, 0.4) is 0 Å². The molecule has 1 unspecified atom stereocenters. The van der Waals surface area contributed by atoms with E-state index in [-0.39, 0.29) is 24.2 Å². The summed E-state index contributed by atoms with van der Waals surface area (Å²) in [5.41, 5.74) is 1.45. The number of anilines is 2. The van der Waals surface area contributed by atoms with E-state index in [1.54, 1.807) is 29.4 Å². The van der Waals surface area contributed by atoms with E-state index in [0.29, 0.717) is 12.2 Å². The Morgan fingerprint density at radius 1 is 1.27 bits per heavy atom. The van der Waals surface area contributed by atoms with Gasteiger partial charge in [0.05, 0.1) is 17.8 Å². The lowest BCUT2D eigenvalue weighted by molar-refractivity contribution is -0.122. The van der Waals surface area contributed by atoms with Gasteiger partial charge in [-0.15, -0.1) is 0 Å². The summed E-state index contributed by atoms with van der Waals surface area (Å²) in [7, 11) is 0. The molecule has 1 atom stereocenters. The van der Waals surface area contributed by atoms with Crippen molar-refractivity contribution >= 4 is 39.1 Å². The molecule has 22 heavy (non-hydrogen) atoms. The van der Waals surface area contributed by atoms with Crippen LogP contribution in [0.2, 0.25) is 0 Å². The van der Waals surface area contributed by atoms with Crippen molar-refractivity contribution in [2.24, 2.45) is 5.92 Å². The number of carbonyl (C=O) groups is 2. The lowest BCUT2D eigenvalue weighted by atomic mass is 10.1. The van der Waals surface area contributed by atoms with Gasteiger partial charge in [0.2, 0.25) is 11.8 Å². The van der Waals surface area contributed by atoms with Crippen LogP contribution in [0.4, 0.5) is 11.4 Å². The molecular weight excluding hydrogens is 346 g/mol. The molecule has 1 aliphatic rings. The van der Waals surface area contributed by atoms with Crippen LogP contribution in [0.5, 0.6) is 0 Å². The van der Waals surface area contributed by atoms with Gasteiger partial charge in [0.15, 0.2) is 0 Å². The van der Waals surface area contributed by atoms with Crippen molar-refractivity contribution in [3.63, 3.8) is 0 Å². The number of carbonyl (C=O) groups excluding carboxylic acids is 2. The van der Waals surface area contributed by atoms with Gasteiger partial charge in [0, 0.05) is 29.3 Å². The van der Waals surface area contributed by atoms with E-state index in [2.05, 4.69) is 26.2 Å². The molecule has 0 saturated carbocycles. The van der Waals surface area contributed by atoms with Crippen LogP contribution >= 0.6 is 15.9 Å². The van der Waals surface area contributed by atoms with Crippen molar-refractivity contribution in [2.45, 2.75) is 6.42 Å². The van der Waals surface area contributed by atoms with Gasteiger partial charge in [-0.2, -0.15) is 0 Å². The quantitative estimate of drug-likeness (QED) is 0.916. The number of nitrogens with zero attached hydrogens (tertiary/aromatic N) is 2. The Kier molecular flexibility index (Phi) is 4.20. The van der Waals surface area contributed by atoms with Gasteiger partial charge in [-0.05, 0) is 36.4 Å². The van der Waals surface area contributed by atoms with Crippen molar-refractivity contribution in [3.05, 3.63) is 53.3 Å². The normalized spacial score (nSPS) is 17.6. The SMILES string of the molecule is O=C(Nc1cccnc1)C1CC(=O)N(c2ccc(Br)cc2)C1. The maximum Gasteiger partial charge on any atom is 0.229 e. The third-order valence-electron chi connectivity index (χ3n) is 3.56. The van der Waals surface area contributed by atoms with Gasteiger partial charge in [-0.3, -0.25) is 14.6 Å². The number of amides is 2. The first-order valence-electron chi connectivity index (χ1n) is 6.90. The number of halogens is 1. The van der Waals surface area contributed by atoms with Crippen molar-refractivity contribution in [3.8, 4) is 0 Å². The third-order valence-corrected chi connectivity index (χ3v) is 4.09. The van der Waals surface area contributed by atoms with E-state index in [0.717, 1.165) is 10.2 Å². The van der Waals surface area contributed by atoms with Crippen LogP contribution in [0, 0.1) is 5.92 Å². The molecule has 1 aliphatic heterocycles. The number of benzene rings is 1. The fourth-order valence-corrected chi connectivity index (χ4v) is 2.70. The molecule has 112 valence electrons. The van der Waals surface area contributed by atoms with Crippen LogP contribution < -0.4 is 10.2 Å². The summed E-state index contributed by atoms with van der Waals surface area (Å²) >= 11 is 3.37. The number of hydrogen-bond donors (Lipinski definition) is 1. The summed E-state index contributed by atoms with van der Waals surface area (Å²) in [6.07, 6.45) is 3.45. The number of aromatic nitrogens is 1. The van der Waals surface area contributed by atoms with E-state index < -0.39 is 0 Å². The minimum atomic E-state index is -0.351. The second kappa shape index (κ2) is 6.27. The van der Waals surface area contributed by atoms with E-state index in [4.69, 9.17) is 0 Å². The predicted molar refractivity (Wildman–Crippen MR) is 87.5 cm³/mol. The molecule has 1 aromatic heterocycles. The summed E-state index contributed by atoms with van der Waals surface area (Å²) in [6, 6.07) is 11.0. The summed E-state index contributed by atoms with van der Waals surface area (Å²) in [4.78, 5) is 30.0. The number of hydrogen-bond acceptors (Lipinski definition) is 3. The fraction of sp³-hybridized carbons (Fsp3) is 0.188. The van der Waals surface area contributed by atoms with Crippen LogP contribution in [0.25, 0.3) is 0 Å². The third kappa shape index (κ3) is 3.17. The molecule has 1 aromatic carbocycles. The van der Waals surface area contributed by atoms with Crippen molar-refractivity contribution < 1.29 is 9.59 Å². The molecule has 2 heterocycles. The van der Waals surface area contributed by atoms with Crippen molar-refractivity contribution in [2.75, 3.05) is 16.8 Å². The molecule has 0 radical (unpaired) electrons. The van der Waals surface area contributed by atoms with Crippen LogP contribution in [-0.2, 0) is 9.59 Å². The van der Waals surface area contributed by atoms with Crippen LogP contribution in [-0.4, -0.2) is 23.3 Å². The van der Waals surface area contributed by atoms with Gasteiger partial charge in [0.1, 0.15) is 0 Å². The van der Waals surface area contributed by atoms with Gasteiger partial charge in [0.25, 0.3) is 0 Å². The molecule has 1 saturated heterocycles. The molecule has 2 amide bonds. The Hall–Kier alpha value is -2.21. The second-order valence-corrected chi connectivity index (χ2v) is 6.03. The highest BCUT2D eigenvalue weighted by Crippen LogP contribution is 2.27. The predicted octanol–water partition coefficient (Wildman–Crippen LogP) is 2.84. The second-order valence-electron chi connectivity index (χ2n) is 5.11. The first kappa shape index (κ1) is 14.7. The minimum absolute atomic E-state index is 0.0336. The average Bonchev–Trinajstić information content (AvgIpc) is 2.91. The first-order valence-corrected chi connectivity index (χ1v) is 7.69. The Labute approximate surface area is 136 Å². The molecule has 0 bridgehead atoms. The maximum atomic E-state index is 12.3. The Morgan fingerprint density at radius 2 is 2.05 bits per heavy atom. The van der Waals surface area contributed by atoms with Gasteiger partial charge >= 0.3 is 0 Å². The summed E-state index contributed by atoms with van der Waals surface area (Å²) in [6.45, 7) is 0.395. The van der Waals surface area contributed by atoms with Crippen molar-refractivity contribution in [1.29, 1.82) is 0 Å². The molecule has 2 aromatic rings. The summed E-state index contributed by atoms with van der Waals surface area (Å²) < 4.78 is 0.953. The lowest BCUT2D eigenvalue weighted by Gasteiger charge is -2.16. The zero-order chi connectivity index (χ0) is 15.5. The first-order chi connectivity index (χ1) is 10.6. The zero-order valence-electron chi connectivity index (χ0n) is 11.7. The standard InChI is InChI=1S/C16H14BrN3O2/c17-12-3-5-14(6-4-12)20-10-11(8-15(20)21)16(22)19-13-2-1-7-18-9-13/h1-7,9,11H,8,10H2,(H,19,22). The van der Waals surface area contributed by atoms with E-state index in [1.165, 1.54) is 0 Å². The number of pyridine rings is 1. The fourth-order valence-electron chi connectivity index (χ4n) is 2.43. The highest BCUT2D eigenvalue weighted by molar-refractivity contribution is 9.10. The molecule has 6 heteroatoms. The van der Waals surface area contributed by atoms with E-state index >= 15 is 0 Å². The molecule has 0 aliphatic carbocycles. The summed E-state index contributed by atoms with van der Waals surface area (Å²) in [5, 5.41) is 2.80. The molecular formula is C16H14BrN3O2. The van der Waals surface area contributed by atoms with E-state index in [1.807, 2.05) is 24.3 Å². The van der Waals surface area contributed by atoms with Crippen molar-refractivity contribution in [1.82, 2.24) is 4.98 Å². The van der Waals surface area contributed by atoms with Crippen LogP contribution in [0.1, 0.15) is 6.42 Å². The van der Waals surface area contributed by atoms with E-state index in [9.17, 15) is 9.59 Å². The smallest absolute Gasteiger partial charge is 0.229 e. The molecule has 3 rings (SSSR count). The number of rotatable bonds is 3. The summed E-state index contributed by atoms with van der Waals surface area (Å²) in [5.74, 6) is -0.536.